The van der Waals surface area contributed by atoms with Gasteiger partial charge >= 0.3 is 0 Å². The SMILES string of the molecule is O=C(CCc1ncc(-c2ccc(F)cc2F)o1)Nc1ccc(CN2CCOCC2)cc1. The molecule has 0 atom stereocenters. The second-order valence-corrected chi connectivity index (χ2v) is 7.38. The number of nitrogens with one attached hydrogen (secondary N) is 1. The van der Waals surface area contributed by atoms with Crippen LogP contribution in [0.3, 0.4) is 0 Å². The molecule has 0 radical (unpaired) electrons. The van der Waals surface area contributed by atoms with Gasteiger partial charge in [-0.25, -0.2) is 13.8 Å². The van der Waals surface area contributed by atoms with Crippen molar-refractivity contribution in [2.45, 2.75) is 19.4 Å². The molecule has 4 rings (SSSR count). The highest BCUT2D eigenvalue weighted by Gasteiger charge is 2.14. The van der Waals surface area contributed by atoms with E-state index in [2.05, 4.69) is 15.2 Å². The monoisotopic (exact) mass is 427 g/mol. The van der Waals surface area contributed by atoms with E-state index in [1.807, 2.05) is 24.3 Å². The third-order valence-corrected chi connectivity index (χ3v) is 5.06. The molecule has 1 amide bonds. The fourth-order valence-corrected chi connectivity index (χ4v) is 3.39. The molecule has 0 bridgehead atoms. The maximum Gasteiger partial charge on any atom is 0.224 e. The van der Waals surface area contributed by atoms with Gasteiger partial charge in [-0.1, -0.05) is 12.1 Å². The summed E-state index contributed by atoms with van der Waals surface area (Å²) in [5.74, 6) is -1.04. The van der Waals surface area contributed by atoms with Gasteiger partial charge in [0.15, 0.2) is 11.7 Å². The summed E-state index contributed by atoms with van der Waals surface area (Å²) in [6, 6.07) is 11.0. The normalized spacial score (nSPS) is 14.5. The summed E-state index contributed by atoms with van der Waals surface area (Å²) >= 11 is 0. The number of hydrogen-bond acceptors (Lipinski definition) is 5. The lowest BCUT2D eigenvalue weighted by atomic mass is 10.2. The van der Waals surface area contributed by atoms with Crippen LogP contribution in [0, 0.1) is 11.6 Å². The minimum Gasteiger partial charge on any atom is -0.441 e. The molecule has 1 aliphatic heterocycles. The Morgan fingerprint density at radius 1 is 1.10 bits per heavy atom. The Bertz CT molecular complexity index is 1030. The molecule has 1 aliphatic rings. The van der Waals surface area contributed by atoms with Crippen molar-refractivity contribution >= 4 is 11.6 Å². The van der Waals surface area contributed by atoms with E-state index in [9.17, 15) is 13.6 Å². The maximum absolute atomic E-state index is 13.9. The summed E-state index contributed by atoms with van der Waals surface area (Å²) in [5.41, 5.74) is 2.03. The van der Waals surface area contributed by atoms with Crippen LogP contribution in [0.25, 0.3) is 11.3 Å². The first-order chi connectivity index (χ1) is 15.1. The molecule has 0 saturated carbocycles. The fourth-order valence-electron chi connectivity index (χ4n) is 3.39. The first-order valence-electron chi connectivity index (χ1n) is 10.2. The average Bonchev–Trinajstić information content (AvgIpc) is 3.23. The third-order valence-electron chi connectivity index (χ3n) is 5.06. The van der Waals surface area contributed by atoms with E-state index >= 15 is 0 Å². The molecule has 6 nitrogen and oxygen atoms in total. The Hall–Kier alpha value is -3.10. The van der Waals surface area contributed by atoms with Crippen molar-refractivity contribution in [3.8, 4) is 11.3 Å². The number of ether oxygens (including phenoxy) is 1. The molecule has 1 N–H and O–H groups in total. The van der Waals surface area contributed by atoms with Crippen molar-refractivity contribution in [1.29, 1.82) is 0 Å². The van der Waals surface area contributed by atoms with Gasteiger partial charge in [0.1, 0.15) is 11.6 Å². The van der Waals surface area contributed by atoms with Crippen molar-refractivity contribution in [3.63, 3.8) is 0 Å². The predicted octanol–water partition coefficient (Wildman–Crippen LogP) is 4.02. The molecular weight excluding hydrogens is 404 g/mol. The number of hydrogen-bond donors (Lipinski definition) is 1. The fraction of sp³-hybridized carbons (Fsp3) is 0.304. The van der Waals surface area contributed by atoms with Gasteiger partial charge in [0.2, 0.25) is 5.91 Å². The molecule has 2 aromatic carbocycles. The quantitative estimate of drug-likeness (QED) is 0.617. The van der Waals surface area contributed by atoms with Crippen LogP contribution in [0.2, 0.25) is 0 Å². The molecular formula is C23H23F2N3O3. The number of nitrogens with zero attached hydrogens (tertiary/aromatic N) is 2. The van der Waals surface area contributed by atoms with E-state index in [4.69, 9.17) is 9.15 Å². The Labute approximate surface area is 178 Å². The van der Waals surface area contributed by atoms with Crippen molar-refractivity contribution in [3.05, 3.63) is 71.8 Å². The van der Waals surface area contributed by atoms with Crippen LogP contribution in [0.4, 0.5) is 14.5 Å². The second kappa shape index (κ2) is 9.80. The van der Waals surface area contributed by atoms with Crippen LogP contribution >= 0.6 is 0 Å². The average molecular weight is 427 g/mol. The van der Waals surface area contributed by atoms with Crippen LogP contribution < -0.4 is 5.32 Å². The van der Waals surface area contributed by atoms with Gasteiger partial charge in [-0.05, 0) is 29.8 Å². The first-order valence-corrected chi connectivity index (χ1v) is 10.2. The van der Waals surface area contributed by atoms with Crippen molar-refractivity contribution in [2.75, 3.05) is 31.6 Å². The van der Waals surface area contributed by atoms with Gasteiger partial charge in [0.05, 0.1) is 25.0 Å². The van der Waals surface area contributed by atoms with E-state index in [-0.39, 0.29) is 30.1 Å². The summed E-state index contributed by atoms with van der Waals surface area (Å²) in [4.78, 5) is 18.7. The van der Waals surface area contributed by atoms with E-state index < -0.39 is 11.6 Å². The number of anilines is 1. The van der Waals surface area contributed by atoms with Crippen molar-refractivity contribution in [2.24, 2.45) is 0 Å². The zero-order valence-corrected chi connectivity index (χ0v) is 16.9. The van der Waals surface area contributed by atoms with Gasteiger partial charge in [-0.2, -0.15) is 0 Å². The number of morpholine rings is 1. The summed E-state index contributed by atoms with van der Waals surface area (Å²) in [6.07, 6.45) is 1.81. The lowest BCUT2D eigenvalue weighted by Crippen LogP contribution is -2.35. The number of carbonyl (C=O) groups is 1. The zero-order valence-electron chi connectivity index (χ0n) is 16.9. The summed E-state index contributed by atoms with van der Waals surface area (Å²) < 4.78 is 37.8. The molecule has 31 heavy (non-hydrogen) atoms. The number of oxazole rings is 1. The standard InChI is InChI=1S/C23H23F2N3O3/c24-17-3-6-19(20(25)13-17)21-14-26-23(31-21)8-7-22(29)27-18-4-1-16(2-5-18)15-28-9-11-30-12-10-28/h1-6,13-14H,7-12,15H2,(H,27,29). The van der Waals surface area contributed by atoms with Gasteiger partial charge in [-0.15, -0.1) is 0 Å². The number of rotatable bonds is 7. The minimum atomic E-state index is -0.725. The Kier molecular flexibility index (Phi) is 6.69. The van der Waals surface area contributed by atoms with Gasteiger partial charge in [0.25, 0.3) is 0 Å². The highest BCUT2D eigenvalue weighted by Crippen LogP contribution is 2.24. The van der Waals surface area contributed by atoms with Gasteiger partial charge in [0, 0.05) is 44.2 Å². The molecule has 0 unspecified atom stereocenters. The van der Waals surface area contributed by atoms with E-state index in [1.54, 1.807) is 0 Å². The van der Waals surface area contributed by atoms with E-state index in [0.717, 1.165) is 50.7 Å². The number of benzene rings is 2. The molecule has 0 spiro atoms. The van der Waals surface area contributed by atoms with Crippen LogP contribution in [-0.4, -0.2) is 42.1 Å². The van der Waals surface area contributed by atoms with Crippen molar-refractivity contribution in [1.82, 2.24) is 9.88 Å². The van der Waals surface area contributed by atoms with Crippen LogP contribution in [0.1, 0.15) is 17.9 Å². The maximum atomic E-state index is 13.9. The molecule has 1 fully saturated rings. The Morgan fingerprint density at radius 3 is 2.61 bits per heavy atom. The number of halogens is 2. The largest absolute Gasteiger partial charge is 0.441 e. The number of carbonyl (C=O) groups excluding carboxylic acids is 1. The third kappa shape index (κ3) is 5.74. The molecule has 2 heterocycles. The number of aryl methyl sites for hydroxylation is 1. The molecule has 8 heteroatoms. The summed E-state index contributed by atoms with van der Waals surface area (Å²) in [7, 11) is 0. The molecule has 0 aliphatic carbocycles. The highest BCUT2D eigenvalue weighted by atomic mass is 19.1. The van der Waals surface area contributed by atoms with E-state index in [0.29, 0.717) is 5.89 Å². The summed E-state index contributed by atoms with van der Waals surface area (Å²) in [5, 5.41) is 2.85. The Balaban J connectivity index is 1.27. The lowest BCUT2D eigenvalue weighted by molar-refractivity contribution is -0.116. The van der Waals surface area contributed by atoms with Gasteiger partial charge < -0.3 is 14.5 Å². The minimum absolute atomic E-state index is 0.127. The topological polar surface area (TPSA) is 67.6 Å². The predicted molar refractivity (Wildman–Crippen MR) is 111 cm³/mol. The molecule has 3 aromatic rings. The number of aromatic nitrogens is 1. The number of amides is 1. The van der Waals surface area contributed by atoms with Crippen LogP contribution in [0.15, 0.2) is 53.1 Å². The first kappa shape index (κ1) is 21.1. The van der Waals surface area contributed by atoms with Crippen LogP contribution in [-0.2, 0) is 22.5 Å². The molecule has 1 saturated heterocycles. The Morgan fingerprint density at radius 2 is 1.87 bits per heavy atom. The zero-order chi connectivity index (χ0) is 21.6. The van der Waals surface area contributed by atoms with Gasteiger partial charge in [-0.3, -0.25) is 9.69 Å². The summed E-state index contributed by atoms with van der Waals surface area (Å²) in [6.45, 7) is 4.24. The molecule has 162 valence electrons. The molecule has 1 aromatic heterocycles. The highest BCUT2D eigenvalue weighted by molar-refractivity contribution is 5.90. The second-order valence-electron chi connectivity index (χ2n) is 7.38. The van der Waals surface area contributed by atoms with E-state index in [1.165, 1.54) is 17.8 Å². The lowest BCUT2D eigenvalue weighted by Gasteiger charge is -2.26. The van der Waals surface area contributed by atoms with Crippen LogP contribution in [0.5, 0.6) is 0 Å². The van der Waals surface area contributed by atoms with Crippen molar-refractivity contribution < 1.29 is 22.7 Å². The smallest absolute Gasteiger partial charge is 0.224 e.